The number of nitrogens with one attached hydrogen (secondary N) is 1. The summed E-state index contributed by atoms with van der Waals surface area (Å²) in [4.78, 5) is 18.5. The number of H-pyrrole nitrogens is 1. The average Bonchev–Trinajstić information content (AvgIpc) is 3.61. The highest BCUT2D eigenvalue weighted by molar-refractivity contribution is 6.33. The average molecular weight is 610 g/mol. The van der Waals surface area contributed by atoms with Gasteiger partial charge < -0.3 is 29.1 Å². The lowest BCUT2D eigenvalue weighted by Gasteiger charge is -2.57. The first-order chi connectivity index (χ1) is 20.8. The summed E-state index contributed by atoms with van der Waals surface area (Å²) in [5.74, 6) is 0.170. The van der Waals surface area contributed by atoms with Crippen LogP contribution in [0.1, 0.15) is 38.5 Å². The van der Waals surface area contributed by atoms with Crippen LogP contribution in [0.15, 0.2) is 18.5 Å². The highest BCUT2D eigenvalue weighted by Gasteiger charge is 2.55. The second-order valence-electron chi connectivity index (χ2n) is 12.7. The maximum Gasteiger partial charge on any atom is 0.319 e. The number of rotatable bonds is 3. The fourth-order valence-electron chi connectivity index (χ4n) is 7.73. The molecule has 7 aliphatic rings. The number of halogens is 2. The predicted octanol–water partition coefficient (Wildman–Crippen LogP) is 4.31. The third-order valence-electron chi connectivity index (χ3n) is 9.64. The fraction of sp³-hybridized carbons (Fsp3) is 0.533. The van der Waals surface area contributed by atoms with Crippen LogP contribution < -0.4 is 14.4 Å². The number of aromatic amines is 1. The molecule has 11 rings (SSSR count). The number of ether oxygens (including phenoxy) is 3. The van der Waals surface area contributed by atoms with Crippen molar-refractivity contribution in [1.29, 1.82) is 0 Å². The number of aromatic nitrogens is 5. The van der Waals surface area contributed by atoms with Crippen molar-refractivity contribution in [1.82, 2.24) is 30.0 Å². The minimum absolute atomic E-state index is 0.0196. The van der Waals surface area contributed by atoms with Crippen LogP contribution in [0.2, 0.25) is 5.02 Å². The van der Waals surface area contributed by atoms with Crippen molar-refractivity contribution in [2.75, 3.05) is 51.6 Å². The van der Waals surface area contributed by atoms with E-state index in [4.69, 9.17) is 30.8 Å². The molecule has 2 saturated heterocycles. The zero-order valence-corrected chi connectivity index (χ0v) is 24.7. The molecule has 0 amide bonds. The summed E-state index contributed by atoms with van der Waals surface area (Å²) in [6, 6.07) is 2.05. The van der Waals surface area contributed by atoms with Crippen LogP contribution in [0.25, 0.3) is 33.1 Å². The zero-order valence-electron chi connectivity index (χ0n) is 23.9. The number of likely N-dealkylation sites (tertiary alicyclic amines) is 1. The second kappa shape index (κ2) is 10.1. The van der Waals surface area contributed by atoms with Gasteiger partial charge in [-0.05, 0) is 63.6 Å². The molecule has 7 bridgehead atoms. The molecule has 1 atom stereocenters. The third-order valence-corrected chi connectivity index (χ3v) is 9.92. The molecule has 0 radical (unpaired) electrons. The second-order valence-corrected chi connectivity index (χ2v) is 13.1. The van der Waals surface area contributed by atoms with Crippen molar-refractivity contribution < 1.29 is 23.7 Å². The van der Waals surface area contributed by atoms with Gasteiger partial charge in [0.1, 0.15) is 23.6 Å². The van der Waals surface area contributed by atoms with Gasteiger partial charge in [-0.2, -0.15) is 15.1 Å². The summed E-state index contributed by atoms with van der Waals surface area (Å²) < 4.78 is 34.8. The molecular weight excluding hydrogens is 577 g/mol. The van der Waals surface area contributed by atoms with Gasteiger partial charge in [-0.3, -0.25) is 10.1 Å². The summed E-state index contributed by atoms with van der Waals surface area (Å²) in [7, 11) is 2.08. The molecule has 1 saturated carbocycles. The normalized spacial score (nSPS) is 27.4. The van der Waals surface area contributed by atoms with E-state index in [2.05, 4.69) is 37.0 Å². The van der Waals surface area contributed by atoms with Crippen molar-refractivity contribution in [2.45, 2.75) is 50.2 Å². The van der Waals surface area contributed by atoms with E-state index in [9.17, 15) is 5.11 Å². The van der Waals surface area contributed by atoms with Gasteiger partial charge in [0.25, 0.3) is 0 Å². The van der Waals surface area contributed by atoms with Gasteiger partial charge in [0.2, 0.25) is 0 Å². The Morgan fingerprint density at radius 1 is 1.21 bits per heavy atom. The first kappa shape index (κ1) is 27.2. The Hall–Kier alpha value is -3.32. The monoisotopic (exact) mass is 609 g/mol. The van der Waals surface area contributed by atoms with Crippen LogP contribution in [0.3, 0.4) is 0 Å². The number of hydrogen-bond donors (Lipinski definition) is 2. The standard InChI is InChI=1S/C30H33ClFN7O4/c1-38-6-2-4-17(38)11-42-28-35-24-19-9-33-25(23(24)32)22-18-10-34-37-21(18)8-20(31)26(22)43-16-41-15-30(40)12-29(13-30)5-3-7-39(14-29)27(19)36-28/h8-10,17,40H,2-7,11-16H2,1H3,(H,34,37)/t17-,29?,30?/m0/s1. The Balaban J connectivity index is 1.31. The molecule has 43 heavy (non-hydrogen) atoms. The lowest BCUT2D eigenvalue weighted by Crippen LogP contribution is -2.60. The smallest absolute Gasteiger partial charge is 0.319 e. The van der Waals surface area contributed by atoms with E-state index in [1.54, 1.807) is 18.5 Å². The van der Waals surface area contributed by atoms with Crippen molar-refractivity contribution in [3.63, 3.8) is 0 Å². The zero-order chi connectivity index (χ0) is 29.3. The van der Waals surface area contributed by atoms with Crippen LogP contribution in [-0.4, -0.2) is 93.5 Å². The van der Waals surface area contributed by atoms with Crippen molar-refractivity contribution in [3.05, 3.63) is 29.3 Å². The predicted molar refractivity (Wildman–Crippen MR) is 158 cm³/mol. The first-order valence-electron chi connectivity index (χ1n) is 14.8. The number of likely N-dealkylation sites (N-methyl/N-ethyl adjacent to an activating group) is 1. The van der Waals surface area contributed by atoms with E-state index < -0.39 is 11.4 Å². The molecule has 4 aromatic rings. The molecule has 3 fully saturated rings. The van der Waals surface area contributed by atoms with Crippen LogP contribution in [0.4, 0.5) is 10.2 Å². The summed E-state index contributed by atoms with van der Waals surface area (Å²) in [6.45, 7) is 2.81. The SMILES string of the molecule is CN1CCC[C@H]1COc1nc2c3cnc(c(F)c3n1)-c1c(c(Cl)cc3[nH]ncc13)OCOCC1(O)CC3(CCCN2C3)C1. The lowest BCUT2D eigenvalue weighted by atomic mass is 9.56. The van der Waals surface area contributed by atoms with Crippen LogP contribution in [0.5, 0.6) is 11.8 Å². The Morgan fingerprint density at radius 2 is 2.09 bits per heavy atom. The number of hydrogen-bond acceptors (Lipinski definition) is 10. The summed E-state index contributed by atoms with van der Waals surface area (Å²) >= 11 is 6.67. The Labute approximate surface area is 252 Å². The topological polar surface area (TPSA) is 122 Å². The largest absolute Gasteiger partial charge is 0.465 e. The molecule has 6 aliphatic heterocycles. The Morgan fingerprint density at radius 3 is 2.93 bits per heavy atom. The van der Waals surface area contributed by atoms with Crippen LogP contribution >= 0.6 is 11.6 Å². The van der Waals surface area contributed by atoms with Gasteiger partial charge in [0.15, 0.2) is 18.4 Å². The van der Waals surface area contributed by atoms with Crippen molar-refractivity contribution in [3.8, 4) is 23.0 Å². The quantitative estimate of drug-likeness (QED) is 0.347. The first-order valence-corrected chi connectivity index (χ1v) is 15.2. The molecule has 226 valence electrons. The summed E-state index contributed by atoms with van der Waals surface area (Å²) in [5.41, 5.74) is 0.0352. The number of piperidine rings is 1. The molecule has 1 aliphatic carbocycles. The third kappa shape index (κ3) is 4.57. The van der Waals surface area contributed by atoms with E-state index in [-0.39, 0.29) is 52.8 Å². The molecule has 1 spiro atoms. The molecule has 0 unspecified atom stereocenters. The Kier molecular flexibility index (Phi) is 6.41. The molecular formula is C30H33ClFN7O4. The van der Waals surface area contributed by atoms with Gasteiger partial charge in [0, 0.05) is 30.7 Å². The summed E-state index contributed by atoms with van der Waals surface area (Å²) in [5, 5.41) is 19.7. The maximum absolute atomic E-state index is 16.8. The highest BCUT2D eigenvalue weighted by Crippen LogP contribution is 2.54. The van der Waals surface area contributed by atoms with Gasteiger partial charge >= 0.3 is 6.01 Å². The fourth-order valence-corrected chi connectivity index (χ4v) is 7.99. The summed E-state index contributed by atoms with van der Waals surface area (Å²) in [6.07, 6.45) is 8.45. The minimum atomic E-state index is -0.943. The number of benzene rings is 1. The van der Waals surface area contributed by atoms with E-state index >= 15 is 4.39 Å². The Bertz CT molecular complexity index is 1730. The van der Waals surface area contributed by atoms with Crippen molar-refractivity contribution >= 4 is 39.2 Å². The molecule has 2 N–H and O–H groups in total. The van der Waals surface area contributed by atoms with Gasteiger partial charge in [-0.25, -0.2) is 4.39 Å². The number of nitrogens with zero attached hydrogens (tertiary/aromatic N) is 6. The van der Waals surface area contributed by atoms with E-state index in [0.717, 1.165) is 38.8 Å². The van der Waals surface area contributed by atoms with Gasteiger partial charge in [-0.1, -0.05) is 11.6 Å². The lowest BCUT2D eigenvalue weighted by molar-refractivity contribution is -0.178. The maximum atomic E-state index is 16.8. The van der Waals surface area contributed by atoms with Crippen molar-refractivity contribution in [2.24, 2.45) is 5.41 Å². The van der Waals surface area contributed by atoms with Crippen LogP contribution in [-0.2, 0) is 4.74 Å². The highest BCUT2D eigenvalue weighted by atomic mass is 35.5. The van der Waals surface area contributed by atoms with Crippen LogP contribution in [0, 0.1) is 11.2 Å². The molecule has 1 aromatic carbocycles. The minimum Gasteiger partial charge on any atom is -0.465 e. The number of pyridine rings is 1. The van der Waals surface area contributed by atoms with Gasteiger partial charge in [0.05, 0.1) is 39.9 Å². The molecule has 11 nitrogen and oxygen atoms in total. The molecule has 9 heterocycles. The van der Waals surface area contributed by atoms with Gasteiger partial charge in [-0.15, -0.1) is 0 Å². The number of fused-ring (bicyclic) bond motifs is 1. The number of aliphatic hydroxyl groups is 1. The van der Waals surface area contributed by atoms with E-state index in [0.29, 0.717) is 53.7 Å². The van der Waals surface area contributed by atoms with E-state index in [1.165, 1.54) is 0 Å². The molecule has 3 aromatic heterocycles. The molecule has 13 heteroatoms. The number of anilines is 1. The van der Waals surface area contributed by atoms with E-state index in [1.807, 2.05) is 0 Å².